The van der Waals surface area contributed by atoms with Crippen LogP contribution in [0, 0.1) is 10.1 Å². The number of halogens is 1. The van der Waals surface area contributed by atoms with Crippen molar-refractivity contribution in [3.8, 4) is 16.9 Å². The van der Waals surface area contributed by atoms with E-state index in [2.05, 4.69) is 20.9 Å². The van der Waals surface area contributed by atoms with Gasteiger partial charge in [-0.25, -0.2) is 4.98 Å². The minimum absolute atomic E-state index is 0.0103. The Bertz CT molecular complexity index is 865. The number of aromatic nitrogens is 1. The predicted octanol–water partition coefficient (Wildman–Crippen LogP) is 4.28. The second kappa shape index (κ2) is 5.14. The average molecular weight is 345 g/mol. The van der Waals surface area contributed by atoms with Crippen LogP contribution >= 0.6 is 15.9 Å². The Labute approximate surface area is 128 Å². The first kappa shape index (κ1) is 13.5. The molecule has 0 aliphatic heterocycles. The Balaban J connectivity index is 2.52. The SMILES string of the molecule is O=[N+]([O-])c1c(Br)nc2ccccc2c1-c1ccccc1O. The van der Waals surface area contributed by atoms with Gasteiger partial charge in [0.1, 0.15) is 5.75 Å². The first-order chi connectivity index (χ1) is 10.1. The lowest BCUT2D eigenvalue weighted by molar-refractivity contribution is -0.385. The van der Waals surface area contributed by atoms with Crippen LogP contribution in [-0.2, 0) is 0 Å². The van der Waals surface area contributed by atoms with Gasteiger partial charge in [0.05, 0.1) is 16.0 Å². The van der Waals surface area contributed by atoms with Gasteiger partial charge in [-0.2, -0.15) is 0 Å². The molecule has 0 radical (unpaired) electrons. The standard InChI is InChI=1S/C15H9BrN2O3/c16-15-14(18(20)21)13(10-6-2-4-8-12(10)19)9-5-1-3-7-11(9)17-15/h1-8,19H. The Morgan fingerprint density at radius 3 is 2.48 bits per heavy atom. The number of hydrogen-bond acceptors (Lipinski definition) is 4. The second-order valence-electron chi connectivity index (χ2n) is 4.42. The highest BCUT2D eigenvalue weighted by molar-refractivity contribution is 9.10. The molecule has 0 amide bonds. The van der Waals surface area contributed by atoms with E-state index in [0.717, 1.165) is 0 Å². The van der Waals surface area contributed by atoms with Crippen LogP contribution in [-0.4, -0.2) is 15.0 Å². The molecule has 2 aromatic carbocycles. The van der Waals surface area contributed by atoms with Crippen LogP contribution in [0.1, 0.15) is 0 Å². The molecule has 0 saturated heterocycles. The number of nitro groups is 1. The van der Waals surface area contributed by atoms with E-state index >= 15 is 0 Å². The monoisotopic (exact) mass is 344 g/mol. The van der Waals surface area contributed by atoms with Gasteiger partial charge in [-0.3, -0.25) is 10.1 Å². The van der Waals surface area contributed by atoms with E-state index in [1.54, 1.807) is 36.4 Å². The van der Waals surface area contributed by atoms with Crippen molar-refractivity contribution in [1.82, 2.24) is 4.98 Å². The molecule has 6 heteroatoms. The maximum atomic E-state index is 11.4. The van der Waals surface area contributed by atoms with Gasteiger partial charge in [0, 0.05) is 10.9 Å². The molecule has 3 aromatic rings. The van der Waals surface area contributed by atoms with Crippen molar-refractivity contribution in [2.24, 2.45) is 0 Å². The summed E-state index contributed by atoms with van der Waals surface area (Å²) in [5, 5.41) is 22.1. The molecular formula is C15H9BrN2O3. The maximum Gasteiger partial charge on any atom is 0.310 e. The predicted molar refractivity (Wildman–Crippen MR) is 83.2 cm³/mol. The van der Waals surface area contributed by atoms with Crippen LogP contribution in [0.2, 0.25) is 0 Å². The molecule has 21 heavy (non-hydrogen) atoms. The van der Waals surface area contributed by atoms with Gasteiger partial charge in [0.15, 0.2) is 4.60 Å². The van der Waals surface area contributed by atoms with Crippen molar-refractivity contribution in [1.29, 1.82) is 0 Å². The molecule has 3 rings (SSSR count). The lowest BCUT2D eigenvalue weighted by Crippen LogP contribution is -1.97. The summed E-state index contributed by atoms with van der Waals surface area (Å²) in [6.45, 7) is 0. The molecule has 0 atom stereocenters. The third kappa shape index (κ3) is 2.23. The normalized spacial score (nSPS) is 10.7. The minimum atomic E-state index is -0.495. The number of phenols is 1. The number of aromatic hydroxyl groups is 1. The highest BCUT2D eigenvalue weighted by Gasteiger charge is 2.25. The molecule has 0 fully saturated rings. The fourth-order valence-electron chi connectivity index (χ4n) is 2.30. The van der Waals surface area contributed by atoms with Crippen LogP contribution in [0.4, 0.5) is 5.69 Å². The fourth-order valence-corrected chi connectivity index (χ4v) is 2.83. The zero-order valence-electron chi connectivity index (χ0n) is 10.7. The molecular weight excluding hydrogens is 336 g/mol. The zero-order chi connectivity index (χ0) is 15.0. The third-order valence-corrected chi connectivity index (χ3v) is 3.73. The Morgan fingerprint density at radius 2 is 1.76 bits per heavy atom. The number of rotatable bonds is 2. The third-order valence-electron chi connectivity index (χ3n) is 3.18. The number of benzene rings is 2. The number of para-hydroxylation sites is 2. The van der Waals surface area contributed by atoms with E-state index < -0.39 is 4.92 Å². The molecule has 5 nitrogen and oxygen atoms in total. The molecule has 1 heterocycles. The molecule has 0 bridgehead atoms. The molecule has 0 aliphatic rings. The molecule has 0 unspecified atom stereocenters. The molecule has 1 N–H and O–H groups in total. The van der Waals surface area contributed by atoms with Crippen molar-refractivity contribution in [2.75, 3.05) is 0 Å². The number of fused-ring (bicyclic) bond motifs is 1. The minimum Gasteiger partial charge on any atom is -0.507 e. The average Bonchev–Trinajstić information content (AvgIpc) is 2.46. The van der Waals surface area contributed by atoms with Crippen LogP contribution in [0.25, 0.3) is 22.0 Å². The summed E-state index contributed by atoms with van der Waals surface area (Å²) in [6.07, 6.45) is 0. The quantitative estimate of drug-likeness (QED) is 0.427. The first-order valence-corrected chi connectivity index (χ1v) is 6.90. The van der Waals surface area contributed by atoms with Gasteiger partial charge in [-0.1, -0.05) is 36.4 Å². The second-order valence-corrected chi connectivity index (χ2v) is 5.17. The summed E-state index contributed by atoms with van der Waals surface area (Å²) < 4.78 is 0.143. The van der Waals surface area contributed by atoms with E-state index in [1.165, 1.54) is 6.07 Å². The Kier molecular flexibility index (Phi) is 3.31. The Morgan fingerprint density at radius 1 is 1.10 bits per heavy atom. The summed E-state index contributed by atoms with van der Waals surface area (Å²) in [5.74, 6) is -0.0103. The topological polar surface area (TPSA) is 76.3 Å². The zero-order valence-corrected chi connectivity index (χ0v) is 12.2. The number of phenolic OH excluding ortho intramolecular Hbond substituents is 1. The van der Waals surface area contributed by atoms with E-state index in [0.29, 0.717) is 22.0 Å². The van der Waals surface area contributed by atoms with Crippen LogP contribution in [0.15, 0.2) is 53.1 Å². The van der Waals surface area contributed by atoms with Crippen molar-refractivity contribution in [3.05, 3.63) is 63.2 Å². The summed E-state index contributed by atoms with van der Waals surface area (Å²) >= 11 is 3.16. The highest BCUT2D eigenvalue weighted by atomic mass is 79.9. The number of pyridine rings is 1. The number of hydrogen-bond donors (Lipinski definition) is 1. The van der Waals surface area contributed by atoms with Crippen molar-refractivity contribution >= 4 is 32.5 Å². The summed E-state index contributed by atoms with van der Waals surface area (Å²) in [4.78, 5) is 15.1. The van der Waals surface area contributed by atoms with Gasteiger partial charge < -0.3 is 5.11 Å². The van der Waals surface area contributed by atoms with Gasteiger partial charge in [-0.15, -0.1) is 0 Å². The maximum absolute atomic E-state index is 11.4. The van der Waals surface area contributed by atoms with Crippen molar-refractivity contribution in [2.45, 2.75) is 0 Å². The molecule has 0 saturated carbocycles. The molecule has 0 spiro atoms. The van der Waals surface area contributed by atoms with Gasteiger partial charge in [0.2, 0.25) is 0 Å². The summed E-state index contributed by atoms with van der Waals surface area (Å²) in [7, 11) is 0. The van der Waals surface area contributed by atoms with Gasteiger partial charge in [0.25, 0.3) is 0 Å². The van der Waals surface area contributed by atoms with E-state index in [9.17, 15) is 15.2 Å². The lowest BCUT2D eigenvalue weighted by atomic mass is 9.99. The van der Waals surface area contributed by atoms with Crippen molar-refractivity contribution in [3.63, 3.8) is 0 Å². The van der Waals surface area contributed by atoms with E-state index in [1.807, 2.05) is 6.07 Å². The molecule has 1 aromatic heterocycles. The largest absolute Gasteiger partial charge is 0.507 e. The van der Waals surface area contributed by atoms with Gasteiger partial charge >= 0.3 is 5.69 Å². The highest BCUT2D eigenvalue weighted by Crippen LogP contribution is 2.43. The smallest absolute Gasteiger partial charge is 0.310 e. The first-order valence-electron chi connectivity index (χ1n) is 6.10. The lowest BCUT2D eigenvalue weighted by Gasteiger charge is -2.10. The Hall–Kier alpha value is -2.47. The van der Waals surface area contributed by atoms with Crippen LogP contribution in [0.5, 0.6) is 5.75 Å². The van der Waals surface area contributed by atoms with Crippen molar-refractivity contribution < 1.29 is 10.0 Å². The molecule has 104 valence electrons. The molecule has 0 aliphatic carbocycles. The fraction of sp³-hybridized carbons (Fsp3) is 0. The summed E-state index contributed by atoms with van der Waals surface area (Å²) in [5.41, 5.74) is 1.22. The van der Waals surface area contributed by atoms with Crippen LogP contribution in [0.3, 0.4) is 0 Å². The van der Waals surface area contributed by atoms with Crippen LogP contribution < -0.4 is 0 Å². The van der Waals surface area contributed by atoms with Gasteiger partial charge in [-0.05, 0) is 28.1 Å². The van der Waals surface area contributed by atoms with E-state index in [-0.39, 0.29) is 16.0 Å². The number of nitrogens with zero attached hydrogens (tertiary/aromatic N) is 2. The van der Waals surface area contributed by atoms with E-state index in [4.69, 9.17) is 0 Å². The summed E-state index contributed by atoms with van der Waals surface area (Å²) in [6, 6.07) is 13.7.